The molecule has 1 atom stereocenters. The van der Waals surface area contributed by atoms with Crippen molar-refractivity contribution in [3.05, 3.63) is 65.7 Å². The smallest absolute Gasteiger partial charge is 0.287 e. The molecule has 0 aromatic heterocycles. The van der Waals surface area contributed by atoms with E-state index in [1.165, 1.54) is 55.7 Å². The summed E-state index contributed by atoms with van der Waals surface area (Å²) in [6, 6.07) is 19.1. The van der Waals surface area contributed by atoms with E-state index in [9.17, 15) is 4.79 Å². The lowest BCUT2D eigenvalue weighted by atomic mass is 9.93. The van der Waals surface area contributed by atoms with Crippen LogP contribution in [0.25, 0.3) is 0 Å². The van der Waals surface area contributed by atoms with E-state index in [-0.39, 0.29) is 11.9 Å². The van der Waals surface area contributed by atoms with Gasteiger partial charge in [0.05, 0.1) is 6.04 Å². The van der Waals surface area contributed by atoms with Crippen molar-refractivity contribution in [1.82, 2.24) is 0 Å². The Morgan fingerprint density at radius 2 is 1.55 bits per heavy atom. The highest BCUT2D eigenvalue weighted by Crippen LogP contribution is 2.16. The summed E-state index contributed by atoms with van der Waals surface area (Å²) in [7, 11) is 0. The number of aryl methyl sites for hydroxylation is 1. The van der Waals surface area contributed by atoms with Gasteiger partial charge in [0, 0.05) is 11.3 Å². The Labute approximate surface area is 174 Å². The molecule has 2 aromatic carbocycles. The zero-order valence-electron chi connectivity index (χ0n) is 17.6. The van der Waals surface area contributed by atoms with Crippen LogP contribution >= 0.6 is 0 Å². The van der Waals surface area contributed by atoms with E-state index in [0.29, 0.717) is 0 Å². The summed E-state index contributed by atoms with van der Waals surface area (Å²) in [6.07, 6.45) is 6.99. The molecule has 1 saturated carbocycles. The molecule has 1 amide bonds. The lowest BCUT2D eigenvalue weighted by molar-refractivity contribution is -1.03. The van der Waals surface area contributed by atoms with Gasteiger partial charge in [0.25, 0.3) is 5.91 Å². The summed E-state index contributed by atoms with van der Waals surface area (Å²) in [6.45, 7) is 6.55. The monoisotopic (exact) mass is 393 g/mol. The van der Waals surface area contributed by atoms with Crippen molar-refractivity contribution in [2.45, 2.75) is 51.1 Å². The predicted molar refractivity (Wildman–Crippen MR) is 117 cm³/mol. The normalized spacial score (nSPS) is 24.0. The molecule has 4 rings (SSSR count). The van der Waals surface area contributed by atoms with Gasteiger partial charge in [0.2, 0.25) is 0 Å². The van der Waals surface area contributed by atoms with Gasteiger partial charge in [0.15, 0.2) is 6.04 Å². The highest BCUT2D eigenvalue weighted by molar-refractivity contribution is 5.94. The quantitative estimate of drug-likeness (QED) is 0.712. The second-order valence-corrected chi connectivity index (χ2v) is 8.85. The first-order valence-corrected chi connectivity index (χ1v) is 11.3. The number of nitrogens with one attached hydrogen (secondary N) is 3. The summed E-state index contributed by atoms with van der Waals surface area (Å²) in [5.74, 6) is 0.108. The number of amides is 1. The molecule has 1 unspecified atom stereocenters. The molecule has 4 nitrogen and oxygen atoms in total. The summed E-state index contributed by atoms with van der Waals surface area (Å²) >= 11 is 0. The van der Waals surface area contributed by atoms with Crippen molar-refractivity contribution in [2.75, 3.05) is 31.5 Å². The molecule has 1 aliphatic heterocycles. The van der Waals surface area contributed by atoms with Gasteiger partial charge < -0.3 is 15.1 Å². The van der Waals surface area contributed by atoms with Gasteiger partial charge in [-0.2, -0.15) is 0 Å². The van der Waals surface area contributed by atoms with Crippen LogP contribution in [-0.2, 0) is 4.79 Å². The number of carbonyl (C=O) groups excluding carboxylic acids is 1. The molecule has 1 aliphatic carbocycles. The van der Waals surface area contributed by atoms with Crippen LogP contribution in [0.2, 0.25) is 0 Å². The Hall–Kier alpha value is -2.17. The highest BCUT2D eigenvalue weighted by atomic mass is 16.2. The SMILES string of the molecule is Cc1ccc(NC(=O)C(c2ccccc2)[NH+]2CC[NH+](C3CCCCC3)CC2)cc1. The molecule has 3 N–H and O–H groups in total. The predicted octanol–water partition coefficient (Wildman–Crippen LogP) is 1.79. The number of benzene rings is 2. The topological polar surface area (TPSA) is 38.0 Å². The average molecular weight is 394 g/mol. The number of hydrogen-bond acceptors (Lipinski definition) is 1. The second-order valence-electron chi connectivity index (χ2n) is 8.85. The summed E-state index contributed by atoms with van der Waals surface area (Å²) in [4.78, 5) is 16.5. The van der Waals surface area contributed by atoms with E-state index >= 15 is 0 Å². The minimum atomic E-state index is -0.148. The number of quaternary nitrogens is 2. The fourth-order valence-electron chi connectivity index (χ4n) is 5.17. The zero-order chi connectivity index (χ0) is 20.1. The van der Waals surface area contributed by atoms with Crippen LogP contribution in [0.1, 0.15) is 49.3 Å². The molecule has 0 spiro atoms. The summed E-state index contributed by atoms with van der Waals surface area (Å²) in [5.41, 5.74) is 3.20. The summed E-state index contributed by atoms with van der Waals surface area (Å²) < 4.78 is 0. The Bertz CT molecular complexity index is 775. The van der Waals surface area contributed by atoms with E-state index in [2.05, 4.69) is 24.4 Å². The molecule has 4 heteroatoms. The lowest BCUT2D eigenvalue weighted by Gasteiger charge is -2.38. The third-order valence-electron chi connectivity index (χ3n) is 6.84. The Kier molecular flexibility index (Phi) is 6.63. The van der Waals surface area contributed by atoms with Crippen LogP contribution in [0.3, 0.4) is 0 Å². The molecule has 0 radical (unpaired) electrons. The highest BCUT2D eigenvalue weighted by Gasteiger charge is 2.37. The minimum Gasteiger partial charge on any atom is -0.323 e. The van der Waals surface area contributed by atoms with E-state index in [1.807, 2.05) is 42.5 Å². The lowest BCUT2D eigenvalue weighted by Crippen LogP contribution is -3.30. The maximum atomic E-state index is 13.3. The van der Waals surface area contributed by atoms with Gasteiger partial charge >= 0.3 is 0 Å². The van der Waals surface area contributed by atoms with Crippen LogP contribution < -0.4 is 15.1 Å². The van der Waals surface area contributed by atoms with Gasteiger partial charge in [-0.25, -0.2) is 0 Å². The molecule has 1 heterocycles. The zero-order valence-corrected chi connectivity index (χ0v) is 17.6. The number of carbonyl (C=O) groups is 1. The number of anilines is 1. The minimum absolute atomic E-state index is 0.108. The van der Waals surface area contributed by atoms with Crippen LogP contribution in [0.4, 0.5) is 5.69 Å². The average Bonchev–Trinajstić information content (AvgIpc) is 2.77. The first kappa shape index (κ1) is 20.1. The molecule has 29 heavy (non-hydrogen) atoms. The molecule has 2 aromatic rings. The Morgan fingerprint density at radius 1 is 0.897 bits per heavy atom. The van der Waals surface area contributed by atoms with Gasteiger partial charge in [-0.05, 0) is 44.7 Å². The van der Waals surface area contributed by atoms with Crippen molar-refractivity contribution in [3.8, 4) is 0 Å². The maximum Gasteiger partial charge on any atom is 0.287 e. The fourth-order valence-corrected chi connectivity index (χ4v) is 5.17. The third kappa shape index (κ3) is 5.06. The van der Waals surface area contributed by atoms with Gasteiger partial charge in [-0.1, -0.05) is 54.4 Å². The molecule has 2 fully saturated rings. The van der Waals surface area contributed by atoms with Gasteiger partial charge in [-0.3, -0.25) is 4.79 Å². The summed E-state index contributed by atoms with van der Waals surface area (Å²) in [5, 5.41) is 3.17. The van der Waals surface area contributed by atoms with Crippen molar-refractivity contribution in [2.24, 2.45) is 0 Å². The Balaban J connectivity index is 1.46. The number of rotatable bonds is 5. The van der Waals surface area contributed by atoms with E-state index < -0.39 is 0 Å². The molecule has 2 aliphatic rings. The first-order chi connectivity index (χ1) is 14.2. The van der Waals surface area contributed by atoms with Crippen molar-refractivity contribution < 1.29 is 14.6 Å². The van der Waals surface area contributed by atoms with Crippen LogP contribution in [0.5, 0.6) is 0 Å². The number of hydrogen-bond donors (Lipinski definition) is 3. The fraction of sp³-hybridized carbons (Fsp3) is 0.480. The largest absolute Gasteiger partial charge is 0.323 e. The van der Waals surface area contributed by atoms with Crippen LogP contribution in [-0.4, -0.2) is 38.1 Å². The second kappa shape index (κ2) is 9.55. The van der Waals surface area contributed by atoms with Crippen molar-refractivity contribution >= 4 is 11.6 Å². The van der Waals surface area contributed by atoms with Gasteiger partial charge in [-0.15, -0.1) is 0 Å². The standard InChI is InChI=1S/C25H33N3O/c1-20-12-14-22(15-13-20)26-25(29)24(21-8-4-2-5-9-21)28-18-16-27(17-19-28)23-10-6-3-7-11-23/h2,4-5,8-9,12-15,23-24H,3,6-7,10-11,16-19H2,1H3,(H,26,29)/p+2. The maximum absolute atomic E-state index is 13.3. The molecular formula is C25H35N3O+2. The number of piperazine rings is 1. The van der Waals surface area contributed by atoms with Crippen molar-refractivity contribution in [3.63, 3.8) is 0 Å². The molecular weight excluding hydrogens is 358 g/mol. The van der Waals surface area contributed by atoms with E-state index in [1.54, 1.807) is 4.90 Å². The van der Waals surface area contributed by atoms with E-state index in [4.69, 9.17) is 0 Å². The van der Waals surface area contributed by atoms with Crippen LogP contribution in [0, 0.1) is 6.92 Å². The first-order valence-electron chi connectivity index (χ1n) is 11.3. The van der Waals surface area contributed by atoms with E-state index in [0.717, 1.165) is 30.4 Å². The third-order valence-corrected chi connectivity index (χ3v) is 6.84. The molecule has 154 valence electrons. The molecule has 0 bridgehead atoms. The van der Waals surface area contributed by atoms with Crippen LogP contribution in [0.15, 0.2) is 54.6 Å². The van der Waals surface area contributed by atoms with Crippen molar-refractivity contribution in [1.29, 1.82) is 0 Å². The molecule has 1 saturated heterocycles. The Morgan fingerprint density at radius 3 is 2.21 bits per heavy atom. The van der Waals surface area contributed by atoms with Gasteiger partial charge in [0.1, 0.15) is 26.2 Å².